The number of carbonyl (C=O) groups is 1. The second-order valence-corrected chi connectivity index (χ2v) is 5.43. The first-order valence-corrected chi connectivity index (χ1v) is 6.51. The third-order valence-corrected chi connectivity index (χ3v) is 3.49. The summed E-state index contributed by atoms with van der Waals surface area (Å²) in [5.41, 5.74) is 0.0761. The predicted molar refractivity (Wildman–Crippen MR) is 71.9 cm³/mol. The maximum atomic E-state index is 12.4. The van der Waals surface area contributed by atoms with Gasteiger partial charge in [0, 0.05) is 19.2 Å². The lowest BCUT2D eigenvalue weighted by Gasteiger charge is -2.34. The summed E-state index contributed by atoms with van der Waals surface area (Å²) in [6.45, 7) is 5.56. The van der Waals surface area contributed by atoms with Gasteiger partial charge in [-0.15, -0.1) is 0 Å². The molecule has 0 radical (unpaired) electrons. The van der Waals surface area contributed by atoms with E-state index in [1.54, 1.807) is 17.0 Å². The summed E-state index contributed by atoms with van der Waals surface area (Å²) < 4.78 is 0. The largest absolute Gasteiger partial charge is 0.338 e. The molecule has 0 spiro atoms. The number of hydrogen-bond donors (Lipinski definition) is 0. The molecular weight excluding hydrogens is 244 g/mol. The van der Waals surface area contributed by atoms with E-state index in [-0.39, 0.29) is 17.2 Å². The lowest BCUT2D eigenvalue weighted by molar-refractivity contribution is -0.385. The number of para-hydroxylation sites is 1. The number of rotatable bonds is 2. The van der Waals surface area contributed by atoms with Gasteiger partial charge >= 0.3 is 0 Å². The van der Waals surface area contributed by atoms with Crippen LogP contribution in [0.4, 0.5) is 5.69 Å². The third-order valence-electron chi connectivity index (χ3n) is 3.49. The van der Waals surface area contributed by atoms with E-state index in [9.17, 15) is 14.9 Å². The monoisotopic (exact) mass is 262 g/mol. The summed E-state index contributed by atoms with van der Waals surface area (Å²) in [4.78, 5) is 24.7. The van der Waals surface area contributed by atoms with E-state index < -0.39 is 4.92 Å². The zero-order valence-electron chi connectivity index (χ0n) is 11.2. The molecular formula is C14H18N2O3. The Balaban J connectivity index is 2.27. The maximum absolute atomic E-state index is 12.4. The van der Waals surface area contributed by atoms with Crippen molar-refractivity contribution < 1.29 is 9.72 Å². The topological polar surface area (TPSA) is 63.5 Å². The molecule has 0 aliphatic carbocycles. The van der Waals surface area contributed by atoms with Crippen molar-refractivity contribution in [1.29, 1.82) is 0 Å². The van der Waals surface area contributed by atoms with E-state index in [4.69, 9.17) is 0 Å². The summed E-state index contributed by atoms with van der Waals surface area (Å²) in [6, 6.07) is 6.15. The highest BCUT2D eigenvalue weighted by molar-refractivity contribution is 5.98. The number of carbonyl (C=O) groups excluding carboxylic acids is 1. The summed E-state index contributed by atoms with van der Waals surface area (Å²) in [5, 5.41) is 11.0. The Morgan fingerprint density at radius 2 is 1.84 bits per heavy atom. The minimum absolute atomic E-state index is 0.113. The van der Waals surface area contributed by atoms with Crippen molar-refractivity contribution in [2.45, 2.75) is 20.3 Å². The second-order valence-electron chi connectivity index (χ2n) is 5.43. The van der Waals surface area contributed by atoms with Crippen LogP contribution >= 0.6 is 0 Å². The van der Waals surface area contributed by atoms with Gasteiger partial charge in [0.2, 0.25) is 0 Å². The van der Waals surface area contributed by atoms with Gasteiger partial charge in [0.25, 0.3) is 11.6 Å². The van der Waals surface area contributed by atoms with E-state index in [0.29, 0.717) is 24.9 Å². The zero-order valence-corrected chi connectivity index (χ0v) is 11.2. The first-order chi connectivity index (χ1) is 8.99. The normalized spacial score (nSPS) is 23.2. The Labute approximate surface area is 112 Å². The van der Waals surface area contributed by atoms with Crippen LogP contribution in [0.3, 0.4) is 0 Å². The lowest BCUT2D eigenvalue weighted by atomic mass is 9.91. The molecule has 0 N–H and O–H groups in total. The molecule has 1 aliphatic rings. The van der Waals surface area contributed by atoms with E-state index in [2.05, 4.69) is 13.8 Å². The fraction of sp³-hybridized carbons (Fsp3) is 0.500. The van der Waals surface area contributed by atoms with Crippen LogP contribution in [0.15, 0.2) is 24.3 Å². The van der Waals surface area contributed by atoms with E-state index in [1.165, 1.54) is 12.1 Å². The second kappa shape index (κ2) is 5.38. The van der Waals surface area contributed by atoms with E-state index >= 15 is 0 Å². The molecule has 1 fully saturated rings. The molecule has 2 rings (SSSR count). The molecule has 1 saturated heterocycles. The first-order valence-electron chi connectivity index (χ1n) is 6.51. The van der Waals surface area contributed by atoms with Crippen LogP contribution in [0.5, 0.6) is 0 Å². The molecule has 5 heteroatoms. The lowest BCUT2D eigenvalue weighted by Crippen LogP contribution is -2.42. The first kappa shape index (κ1) is 13.5. The highest BCUT2D eigenvalue weighted by atomic mass is 16.6. The molecule has 0 aromatic heterocycles. The fourth-order valence-corrected chi connectivity index (χ4v) is 2.81. The molecule has 102 valence electrons. The summed E-state index contributed by atoms with van der Waals surface area (Å²) in [7, 11) is 0. The standard InChI is InChI=1S/C14H18N2O3/c1-10-7-11(2)9-15(8-10)14(17)12-5-3-4-6-13(12)16(18)19/h3-6,10-11H,7-9H2,1-2H3/t10-,11-/m1/s1. The zero-order chi connectivity index (χ0) is 14.0. The maximum Gasteiger partial charge on any atom is 0.282 e. The van der Waals surface area contributed by atoms with Crippen molar-refractivity contribution in [2.24, 2.45) is 11.8 Å². The molecule has 2 atom stereocenters. The van der Waals surface area contributed by atoms with Crippen LogP contribution in [0.25, 0.3) is 0 Å². The van der Waals surface area contributed by atoms with Crippen LogP contribution in [0.2, 0.25) is 0 Å². The van der Waals surface area contributed by atoms with Gasteiger partial charge in [-0.05, 0) is 24.3 Å². The van der Waals surface area contributed by atoms with Gasteiger partial charge in [-0.25, -0.2) is 0 Å². The average molecular weight is 262 g/mol. The quantitative estimate of drug-likeness (QED) is 0.608. The Morgan fingerprint density at radius 3 is 2.42 bits per heavy atom. The summed E-state index contributed by atoms with van der Waals surface area (Å²) >= 11 is 0. The molecule has 0 unspecified atom stereocenters. The minimum atomic E-state index is -0.496. The van der Waals surface area contributed by atoms with Gasteiger partial charge in [0.1, 0.15) is 5.56 Å². The van der Waals surface area contributed by atoms with Crippen molar-refractivity contribution in [3.05, 3.63) is 39.9 Å². The van der Waals surface area contributed by atoms with E-state index in [1.807, 2.05) is 0 Å². The van der Waals surface area contributed by atoms with Gasteiger partial charge in [0.05, 0.1) is 4.92 Å². The van der Waals surface area contributed by atoms with Crippen LogP contribution < -0.4 is 0 Å². The molecule has 1 aromatic rings. The molecule has 0 saturated carbocycles. The van der Waals surface area contributed by atoms with Gasteiger partial charge < -0.3 is 4.90 Å². The number of nitro groups is 1. The molecule has 1 heterocycles. The van der Waals surface area contributed by atoms with Crippen molar-refractivity contribution >= 4 is 11.6 Å². The van der Waals surface area contributed by atoms with E-state index in [0.717, 1.165) is 6.42 Å². The number of hydrogen-bond acceptors (Lipinski definition) is 3. The van der Waals surface area contributed by atoms with Crippen molar-refractivity contribution in [3.8, 4) is 0 Å². The Kier molecular flexibility index (Phi) is 3.83. The smallest absolute Gasteiger partial charge is 0.282 e. The number of piperidine rings is 1. The number of nitrogens with zero attached hydrogens (tertiary/aromatic N) is 2. The summed E-state index contributed by atoms with van der Waals surface area (Å²) in [6.07, 6.45) is 1.10. The van der Waals surface area contributed by atoms with Crippen molar-refractivity contribution in [3.63, 3.8) is 0 Å². The highest BCUT2D eigenvalue weighted by Gasteiger charge is 2.29. The fourth-order valence-electron chi connectivity index (χ4n) is 2.81. The predicted octanol–water partition coefficient (Wildman–Crippen LogP) is 2.71. The van der Waals surface area contributed by atoms with Crippen LogP contribution in [-0.4, -0.2) is 28.8 Å². The van der Waals surface area contributed by atoms with Gasteiger partial charge in [-0.3, -0.25) is 14.9 Å². The molecule has 5 nitrogen and oxygen atoms in total. The molecule has 19 heavy (non-hydrogen) atoms. The van der Waals surface area contributed by atoms with Crippen molar-refractivity contribution in [2.75, 3.05) is 13.1 Å². The van der Waals surface area contributed by atoms with Crippen LogP contribution in [0.1, 0.15) is 30.6 Å². The Morgan fingerprint density at radius 1 is 1.26 bits per heavy atom. The molecule has 0 bridgehead atoms. The number of benzene rings is 1. The van der Waals surface area contributed by atoms with Gasteiger partial charge in [-0.2, -0.15) is 0 Å². The summed E-state index contributed by atoms with van der Waals surface area (Å²) in [5.74, 6) is 0.650. The number of amides is 1. The van der Waals surface area contributed by atoms with Gasteiger partial charge in [0.15, 0.2) is 0 Å². The number of likely N-dealkylation sites (tertiary alicyclic amines) is 1. The van der Waals surface area contributed by atoms with Crippen LogP contribution in [-0.2, 0) is 0 Å². The minimum Gasteiger partial charge on any atom is -0.338 e. The Bertz CT molecular complexity index is 491. The highest BCUT2D eigenvalue weighted by Crippen LogP contribution is 2.25. The van der Waals surface area contributed by atoms with Gasteiger partial charge in [-0.1, -0.05) is 26.0 Å². The SMILES string of the molecule is C[C@@H]1C[C@@H](C)CN(C(=O)c2ccccc2[N+](=O)[O-])C1. The van der Waals surface area contributed by atoms with Crippen molar-refractivity contribution in [1.82, 2.24) is 4.90 Å². The third kappa shape index (κ3) is 2.92. The molecule has 1 aliphatic heterocycles. The Hall–Kier alpha value is -1.91. The van der Waals surface area contributed by atoms with Crippen LogP contribution in [0, 0.1) is 22.0 Å². The molecule has 1 amide bonds. The molecule has 1 aromatic carbocycles. The average Bonchev–Trinajstić information content (AvgIpc) is 2.36. The number of nitro benzene ring substituents is 1.